The molecule has 1 aromatic rings. The molecule has 4 nitrogen and oxygen atoms in total. The molecule has 21 heavy (non-hydrogen) atoms. The number of carbonyl (C=O) groups is 2. The van der Waals surface area contributed by atoms with Gasteiger partial charge in [-0.15, -0.1) is 0 Å². The average Bonchev–Trinajstić information content (AvgIpc) is 2.81. The third-order valence-corrected chi connectivity index (χ3v) is 4.39. The fraction of sp³-hybridized carbons (Fsp3) is 0.500. The highest BCUT2D eigenvalue weighted by Crippen LogP contribution is 2.36. The van der Waals surface area contributed by atoms with Crippen molar-refractivity contribution in [3.63, 3.8) is 0 Å². The second-order valence-corrected chi connectivity index (χ2v) is 6.35. The number of carbonyl (C=O) groups excluding carboxylic acids is 1. The molecule has 0 radical (unpaired) electrons. The summed E-state index contributed by atoms with van der Waals surface area (Å²) in [5.41, 5.74) is 0.911. The van der Waals surface area contributed by atoms with Crippen LogP contribution in [0.3, 0.4) is 0 Å². The number of carboxylic acid groups (broad SMARTS) is 1. The van der Waals surface area contributed by atoms with Crippen LogP contribution in [0.2, 0.25) is 5.02 Å². The van der Waals surface area contributed by atoms with E-state index in [0.717, 1.165) is 5.56 Å². The van der Waals surface area contributed by atoms with Crippen molar-refractivity contribution in [2.45, 2.75) is 32.7 Å². The fourth-order valence-electron chi connectivity index (χ4n) is 3.03. The van der Waals surface area contributed by atoms with Crippen molar-refractivity contribution in [3.8, 4) is 0 Å². The summed E-state index contributed by atoms with van der Waals surface area (Å²) in [6.45, 7) is 3.86. The molecule has 3 unspecified atom stereocenters. The molecule has 0 heterocycles. The third-order valence-electron chi connectivity index (χ3n) is 4.16. The molecular weight excluding hydrogens is 290 g/mol. The van der Waals surface area contributed by atoms with Crippen molar-refractivity contribution in [1.29, 1.82) is 0 Å². The van der Waals surface area contributed by atoms with E-state index in [1.807, 2.05) is 26.0 Å². The number of rotatable bonds is 4. The monoisotopic (exact) mass is 309 g/mol. The van der Waals surface area contributed by atoms with Gasteiger partial charge in [0.05, 0.1) is 17.9 Å². The lowest BCUT2D eigenvalue weighted by molar-refractivity contribution is -0.146. The van der Waals surface area contributed by atoms with Gasteiger partial charge in [-0.2, -0.15) is 0 Å². The zero-order valence-corrected chi connectivity index (χ0v) is 12.9. The van der Waals surface area contributed by atoms with E-state index in [4.69, 9.17) is 11.6 Å². The van der Waals surface area contributed by atoms with Crippen LogP contribution in [-0.2, 0) is 9.59 Å². The summed E-state index contributed by atoms with van der Waals surface area (Å²) in [5, 5.41) is 12.8. The van der Waals surface area contributed by atoms with Crippen molar-refractivity contribution in [2.75, 3.05) is 0 Å². The van der Waals surface area contributed by atoms with Crippen molar-refractivity contribution < 1.29 is 14.7 Å². The van der Waals surface area contributed by atoms with E-state index in [2.05, 4.69) is 5.32 Å². The van der Waals surface area contributed by atoms with Gasteiger partial charge in [-0.25, -0.2) is 0 Å². The van der Waals surface area contributed by atoms with Crippen molar-refractivity contribution in [2.24, 2.45) is 17.8 Å². The van der Waals surface area contributed by atoms with Gasteiger partial charge in [0.25, 0.3) is 0 Å². The topological polar surface area (TPSA) is 66.4 Å². The molecular formula is C16H20ClNO3. The summed E-state index contributed by atoms with van der Waals surface area (Å²) in [5.74, 6) is -1.82. The smallest absolute Gasteiger partial charge is 0.307 e. The predicted octanol–water partition coefficient (Wildman–Crippen LogP) is 3.26. The van der Waals surface area contributed by atoms with Gasteiger partial charge in [-0.3, -0.25) is 9.59 Å². The first-order chi connectivity index (χ1) is 9.88. The number of carboxylic acids is 1. The van der Waals surface area contributed by atoms with Gasteiger partial charge >= 0.3 is 5.97 Å². The lowest BCUT2D eigenvalue weighted by atomic mass is 9.94. The molecule has 114 valence electrons. The summed E-state index contributed by atoms with van der Waals surface area (Å²) in [7, 11) is 0. The van der Waals surface area contributed by atoms with E-state index < -0.39 is 17.8 Å². The Morgan fingerprint density at radius 3 is 2.62 bits per heavy atom. The Balaban J connectivity index is 2.05. The minimum Gasteiger partial charge on any atom is -0.481 e. The number of benzene rings is 1. The fourth-order valence-corrected chi connectivity index (χ4v) is 3.23. The summed E-state index contributed by atoms with van der Waals surface area (Å²) >= 11 is 5.95. The summed E-state index contributed by atoms with van der Waals surface area (Å²) in [6, 6.07) is 7.11. The van der Waals surface area contributed by atoms with Gasteiger partial charge in [0.15, 0.2) is 0 Å². The highest BCUT2D eigenvalue weighted by atomic mass is 35.5. The van der Waals surface area contributed by atoms with Crippen LogP contribution in [-0.4, -0.2) is 17.0 Å². The van der Waals surface area contributed by atoms with Crippen LogP contribution in [0.15, 0.2) is 24.3 Å². The Bertz CT molecular complexity index is 546. The van der Waals surface area contributed by atoms with E-state index in [0.29, 0.717) is 17.9 Å². The average molecular weight is 310 g/mol. The number of hydrogen-bond acceptors (Lipinski definition) is 2. The van der Waals surface area contributed by atoms with Crippen LogP contribution in [0.4, 0.5) is 0 Å². The number of halogens is 1. The molecule has 5 heteroatoms. The van der Waals surface area contributed by atoms with Gasteiger partial charge < -0.3 is 10.4 Å². The Hall–Kier alpha value is -1.55. The highest BCUT2D eigenvalue weighted by molar-refractivity contribution is 6.30. The number of hydrogen-bond donors (Lipinski definition) is 2. The molecule has 0 bridgehead atoms. The lowest BCUT2D eigenvalue weighted by Gasteiger charge is -2.20. The number of aliphatic carboxylic acids is 1. The van der Waals surface area contributed by atoms with E-state index in [1.54, 1.807) is 12.1 Å². The minimum absolute atomic E-state index is 0.181. The van der Waals surface area contributed by atoms with E-state index >= 15 is 0 Å². The highest BCUT2D eigenvalue weighted by Gasteiger charge is 2.41. The Morgan fingerprint density at radius 1 is 1.33 bits per heavy atom. The van der Waals surface area contributed by atoms with Crippen LogP contribution in [0.1, 0.15) is 38.3 Å². The molecule has 0 spiro atoms. The quantitative estimate of drug-likeness (QED) is 0.897. The van der Waals surface area contributed by atoms with Crippen LogP contribution in [0.5, 0.6) is 0 Å². The zero-order chi connectivity index (χ0) is 15.6. The van der Waals surface area contributed by atoms with Gasteiger partial charge in [0.1, 0.15) is 0 Å². The van der Waals surface area contributed by atoms with Crippen molar-refractivity contribution in [1.82, 2.24) is 5.32 Å². The molecule has 2 rings (SSSR count). The standard InChI is InChI=1S/C16H20ClNO3/c1-9-6-13(14(7-9)16(20)21)15(19)18-10(2)11-4-3-5-12(17)8-11/h3-5,8-10,13-14H,6-7H2,1-2H3,(H,18,19)(H,20,21)/t9?,10-,13?,14?/m1/s1. The molecule has 1 saturated carbocycles. The molecule has 1 amide bonds. The normalized spacial score (nSPS) is 26.3. The summed E-state index contributed by atoms with van der Waals surface area (Å²) < 4.78 is 0. The summed E-state index contributed by atoms with van der Waals surface area (Å²) in [6.07, 6.45) is 1.20. The minimum atomic E-state index is -0.880. The van der Waals surface area contributed by atoms with Gasteiger partial charge in [0, 0.05) is 5.02 Å². The maximum atomic E-state index is 12.4. The Labute approximate surface area is 129 Å². The van der Waals surface area contributed by atoms with E-state index in [1.165, 1.54) is 0 Å². The van der Waals surface area contributed by atoms with Crippen LogP contribution >= 0.6 is 11.6 Å². The molecule has 4 atom stereocenters. The van der Waals surface area contributed by atoms with Crippen molar-refractivity contribution in [3.05, 3.63) is 34.9 Å². The molecule has 1 aliphatic rings. The zero-order valence-electron chi connectivity index (χ0n) is 12.2. The molecule has 0 aromatic heterocycles. The van der Waals surface area contributed by atoms with E-state index in [9.17, 15) is 14.7 Å². The van der Waals surface area contributed by atoms with Crippen LogP contribution in [0, 0.1) is 17.8 Å². The first-order valence-electron chi connectivity index (χ1n) is 7.17. The molecule has 1 aromatic carbocycles. The van der Waals surface area contributed by atoms with Gasteiger partial charge in [0.2, 0.25) is 5.91 Å². The number of amides is 1. The van der Waals surface area contributed by atoms with Crippen molar-refractivity contribution >= 4 is 23.5 Å². The Morgan fingerprint density at radius 2 is 2.00 bits per heavy atom. The van der Waals surface area contributed by atoms with Gasteiger partial charge in [-0.1, -0.05) is 30.7 Å². The van der Waals surface area contributed by atoms with Gasteiger partial charge in [-0.05, 0) is 43.4 Å². The maximum absolute atomic E-state index is 12.4. The molecule has 0 aliphatic heterocycles. The maximum Gasteiger partial charge on any atom is 0.307 e. The number of nitrogens with one attached hydrogen (secondary N) is 1. The SMILES string of the molecule is CC1CC(C(=O)O)C(C(=O)N[C@H](C)c2cccc(Cl)c2)C1. The van der Waals surface area contributed by atoms with Crippen LogP contribution in [0.25, 0.3) is 0 Å². The second-order valence-electron chi connectivity index (χ2n) is 5.91. The molecule has 0 saturated heterocycles. The van der Waals surface area contributed by atoms with E-state index in [-0.39, 0.29) is 17.9 Å². The first-order valence-corrected chi connectivity index (χ1v) is 7.55. The third kappa shape index (κ3) is 3.76. The molecule has 2 N–H and O–H groups in total. The summed E-state index contributed by atoms with van der Waals surface area (Å²) in [4.78, 5) is 23.6. The largest absolute Gasteiger partial charge is 0.481 e. The predicted molar refractivity (Wildman–Crippen MR) is 81.0 cm³/mol. The Kier molecular flexibility index (Phi) is 4.88. The molecule has 1 aliphatic carbocycles. The van der Waals surface area contributed by atoms with Crippen LogP contribution < -0.4 is 5.32 Å². The first kappa shape index (κ1) is 15.8. The lowest BCUT2D eigenvalue weighted by Crippen LogP contribution is -2.36. The molecule has 1 fully saturated rings. The second kappa shape index (κ2) is 6.48.